The van der Waals surface area contributed by atoms with Crippen LogP contribution in [0.3, 0.4) is 0 Å². The minimum Gasteiger partial charge on any atom is -0.389 e. The predicted octanol–water partition coefficient (Wildman–Crippen LogP) is 2.44. The zero-order valence-electron chi connectivity index (χ0n) is 12.6. The highest BCUT2D eigenvalue weighted by Crippen LogP contribution is 2.24. The van der Waals surface area contributed by atoms with Crippen molar-refractivity contribution in [1.82, 2.24) is 4.90 Å². The number of hydrogen-bond acceptors (Lipinski definition) is 4. The molecular weight excluding hydrogens is 272 g/mol. The van der Waals surface area contributed by atoms with Crippen molar-refractivity contribution in [1.29, 1.82) is 0 Å². The number of nitrogens with one attached hydrogen (secondary N) is 1. The van der Waals surface area contributed by atoms with Crippen LogP contribution in [0.25, 0.3) is 0 Å². The first-order chi connectivity index (χ1) is 9.35. The first kappa shape index (κ1) is 17.0. The minimum absolute atomic E-state index is 0.0578. The smallest absolute Gasteiger partial charge is 0.238 e. The van der Waals surface area contributed by atoms with Crippen LogP contribution in [0.15, 0.2) is 29.2 Å². The van der Waals surface area contributed by atoms with E-state index in [1.165, 1.54) is 0 Å². The van der Waals surface area contributed by atoms with Gasteiger partial charge < -0.3 is 10.4 Å². The van der Waals surface area contributed by atoms with Crippen LogP contribution in [0, 0.1) is 0 Å². The SMILES string of the molecule is CCN(CC(=O)Nc1ccccc1SC)CC(C)(C)O. The number of likely N-dealkylation sites (N-methyl/N-ethyl adjacent to an activating group) is 1. The molecule has 0 fully saturated rings. The molecule has 0 saturated carbocycles. The van der Waals surface area contributed by atoms with Crippen molar-refractivity contribution >= 4 is 23.4 Å². The molecule has 1 amide bonds. The van der Waals surface area contributed by atoms with Gasteiger partial charge in [0.25, 0.3) is 0 Å². The van der Waals surface area contributed by atoms with E-state index in [-0.39, 0.29) is 12.5 Å². The van der Waals surface area contributed by atoms with Crippen molar-refractivity contribution in [3.63, 3.8) is 0 Å². The van der Waals surface area contributed by atoms with Crippen molar-refractivity contribution in [3.8, 4) is 0 Å². The third-order valence-corrected chi connectivity index (χ3v) is 3.60. The van der Waals surface area contributed by atoms with Gasteiger partial charge in [-0.2, -0.15) is 0 Å². The standard InChI is InChI=1S/C15H24N2O2S/c1-5-17(11-15(2,3)19)10-14(18)16-12-8-6-7-9-13(12)20-4/h6-9,19H,5,10-11H2,1-4H3,(H,16,18). The van der Waals surface area contributed by atoms with E-state index >= 15 is 0 Å². The van der Waals surface area contributed by atoms with Crippen molar-refractivity contribution in [2.45, 2.75) is 31.3 Å². The summed E-state index contributed by atoms with van der Waals surface area (Å²) in [5.41, 5.74) is 0.0392. The Morgan fingerprint density at radius 1 is 1.40 bits per heavy atom. The van der Waals surface area contributed by atoms with E-state index in [2.05, 4.69) is 5.32 Å². The summed E-state index contributed by atoms with van der Waals surface area (Å²) in [5, 5.41) is 12.8. The zero-order chi connectivity index (χ0) is 15.2. The highest BCUT2D eigenvalue weighted by Gasteiger charge is 2.19. The van der Waals surface area contributed by atoms with Gasteiger partial charge in [-0.15, -0.1) is 11.8 Å². The number of rotatable bonds is 7. The molecule has 1 aromatic carbocycles. The first-order valence-electron chi connectivity index (χ1n) is 6.73. The lowest BCUT2D eigenvalue weighted by Crippen LogP contribution is -2.42. The van der Waals surface area contributed by atoms with Crippen LogP contribution in [-0.2, 0) is 4.79 Å². The molecule has 0 saturated heterocycles. The summed E-state index contributed by atoms with van der Waals surface area (Å²) < 4.78 is 0. The van der Waals surface area contributed by atoms with E-state index in [4.69, 9.17) is 0 Å². The van der Waals surface area contributed by atoms with E-state index in [1.54, 1.807) is 25.6 Å². The number of thioether (sulfide) groups is 1. The zero-order valence-corrected chi connectivity index (χ0v) is 13.5. The summed E-state index contributed by atoms with van der Waals surface area (Å²) in [6.07, 6.45) is 1.98. The van der Waals surface area contributed by atoms with Gasteiger partial charge in [0.2, 0.25) is 5.91 Å². The Morgan fingerprint density at radius 3 is 2.60 bits per heavy atom. The molecule has 0 aliphatic carbocycles. The lowest BCUT2D eigenvalue weighted by atomic mass is 10.1. The van der Waals surface area contributed by atoms with E-state index in [0.29, 0.717) is 6.54 Å². The van der Waals surface area contributed by atoms with Crippen LogP contribution in [0.1, 0.15) is 20.8 Å². The van der Waals surface area contributed by atoms with Gasteiger partial charge in [-0.25, -0.2) is 0 Å². The lowest BCUT2D eigenvalue weighted by molar-refractivity contribution is -0.117. The van der Waals surface area contributed by atoms with Crippen LogP contribution in [0.5, 0.6) is 0 Å². The summed E-state index contributed by atoms with van der Waals surface area (Å²) in [6.45, 7) is 6.95. The Bertz CT molecular complexity index is 444. The van der Waals surface area contributed by atoms with Gasteiger partial charge in [0, 0.05) is 11.4 Å². The Hall–Kier alpha value is -1.04. The minimum atomic E-state index is -0.798. The fraction of sp³-hybridized carbons (Fsp3) is 0.533. The van der Waals surface area contributed by atoms with E-state index < -0.39 is 5.60 Å². The predicted molar refractivity (Wildman–Crippen MR) is 85.3 cm³/mol. The fourth-order valence-corrected chi connectivity index (χ4v) is 2.52. The Labute approximate surface area is 125 Å². The van der Waals surface area contributed by atoms with Gasteiger partial charge in [-0.3, -0.25) is 9.69 Å². The largest absolute Gasteiger partial charge is 0.389 e. The monoisotopic (exact) mass is 296 g/mol. The average molecular weight is 296 g/mol. The molecule has 0 unspecified atom stereocenters. The highest BCUT2D eigenvalue weighted by molar-refractivity contribution is 7.98. The molecule has 0 aliphatic rings. The van der Waals surface area contributed by atoms with Gasteiger partial charge in [0.15, 0.2) is 0 Å². The van der Waals surface area contributed by atoms with Crippen molar-refractivity contribution in [2.75, 3.05) is 31.2 Å². The Morgan fingerprint density at radius 2 is 2.05 bits per heavy atom. The molecule has 0 aromatic heterocycles. The number of anilines is 1. The molecule has 0 bridgehead atoms. The van der Waals surface area contributed by atoms with Gasteiger partial charge in [0.05, 0.1) is 17.8 Å². The number of nitrogens with zero attached hydrogens (tertiary/aromatic N) is 1. The van der Waals surface area contributed by atoms with Gasteiger partial charge in [0.1, 0.15) is 0 Å². The number of carbonyl (C=O) groups excluding carboxylic acids is 1. The number of aliphatic hydroxyl groups is 1. The topological polar surface area (TPSA) is 52.6 Å². The molecular formula is C15H24N2O2S. The van der Waals surface area contributed by atoms with Crippen LogP contribution in [0.2, 0.25) is 0 Å². The molecule has 112 valence electrons. The molecule has 0 aliphatic heterocycles. The number of hydrogen-bond donors (Lipinski definition) is 2. The molecule has 2 N–H and O–H groups in total. The second-order valence-corrected chi connectivity index (χ2v) is 6.21. The summed E-state index contributed by atoms with van der Waals surface area (Å²) in [5.74, 6) is -0.0578. The molecule has 0 heterocycles. The summed E-state index contributed by atoms with van der Waals surface area (Å²) >= 11 is 1.60. The highest BCUT2D eigenvalue weighted by atomic mass is 32.2. The Balaban J connectivity index is 2.62. The van der Waals surface area contributed by atoms with Crippen LogP contribution in [-0.4, -0.2) is 47.4 Å². The van der Waals surface area contributed by atoms with E-state index in [9.17, 15) is 9.90 Å². The molecule has 5 heteroatoms. The Kier molecular flexibility index (Phi) is 6.52. The summed E-state index contributed by atoms with van der Waals surface area (Å²) in [4.78, 5) is 15.1. The second kappa shape index (κ2) is 7.67. The molecule has 4 nitrogen and oxygen atoms in total. The number of benzene rings is 1. The molecule has 20 heavy (non-hydrogen) atoms. The van der Waals surface area contributed by atoms with Crippen molar-refractivity contribution in [3.05, 3.63) is 24.3 Å². The first-order valence-corrected chi connectivity index (χ1v) is 7.96. The van der Waals surface area contributed by atoms with Crippen LogP contribution < -0.4 is 5.32 Å². The normalized spacial score (nSPS) is 11.7. The van der Waals surface area contributed by atoms with Crippen molar-refractivity contribution in [2.24, 2.45) is 0 Å². The molecule has 1 rings (SSSR count). The second-order valence-electron chi connectivity index (χ2n) is 5.36. The molecule has 1 aromatic rings. The lowest BCUT2D eigenvalue weighted by Gasteiger charge is -2.27. The summed E-state index contributed by atoms with van der Waals surface area (Å²) in [7, 11) is 0. The fourth-order valence-electron chi connectivity index (χ4n) is 1.97. The van der Waals surface area contributed by atoms with Gasteiger partial charge in [-0.05, 0) is 38.8 Å². The number of para-hydroxylation sites is 1. The molecule has 0 radical (unpaired) electrons. The molecule has 0 spiro atoms. The average Bonchev–Trinajstić information content (AvgIpc) is 2.36. The number of carbonyl (C=O) groups is 1. The van der Waals surface area contributed by atoms with Crippen molar-refractivity contribution < 1.29 is 9.90 Å². The summed E-state index contributed by atoms with van der Waals surface area (Å²) in [6, 6.07) is 7.74. The molecule has 0 atom stereocenters. The third kappa shape index (κ3) is 5.94. The van der Waals surface area contributed by atoms with E-state index in [1.807, 2.05) is 42.3 Å². The van der Waals surface area contributed by atoms with Gasteiger partial charge >= 0.3 is 0 Å². The van der Waals surface area contributed by atoms with Crippen LogP contribution in [0.4, 0.5) is 5.69 Å². The van der Waals surface area contributed by atoms with Crippen LogP contribution >= 0.6 is 11.8 Å². The number of amides is 1. The quantitative estimate of drug-likeness (QED) is 0.759. The maximum absolute atomic E-state index is 12.1. The third-order valence-electron chi connectivity index (χ3n) is 2.81. The maximum Gasteiger partial charge on any atom is 0.238 e. The van der Waals surface area contributed by atoms with E-state index in [0.717, 1.165) is 17.1 Å². The maximum atomic E-state index is 12.1. The van der Waals surface area contributed by atoms with Gasteiger partial charge in [-0.1, -0.05) is 19.1 Å².